The van der Waals surface area contributed by atoms with Gasteiger partial charge in [0.2, 0.25) is 0 Å². The van der Waals surface area contributed by atoms with Gasteiger partial charge in [0.15, 0.2) is 0 Å². The van der Waals surface area contributed by atoms with Gasteiger partial charge in [-0.05, 0) is 23.8 Å². The summed E-state index contributed by atoms with van der Waals surface area (Å²) in [5.74, 6) is -0.248. The quantitative estimate of drug-likeness (QED) is 0.550. The molecule has 1 N–H and O–H groups in total. The van der Waals surface area contributed by atoms with E-state index in [2.05, 4.69) is 32.2 Å². The fraction of sp³-hybridized carbons (Fsp3) is 0.217. The molecule has 5 rings (SSSR count). The predicted octanol–water partition coefficient (Wildman–Crippen LogP) is 3.82. The summed E-state index contributed by atoms with van der Waals surface area (Å²) in [5, 5.41) is 7.09. The SMILES string of the molecule is Fc1ccccc1-c1cc(C(c2cn[nH]c2)N2CCOCC2)ccc1-n1ccnc1. The molecule has 1 unspecified atom stereocenters. The lowest BCUT2D eigenvalue weighted by atomic mass is 9.93. The molecule has 0 aliphatic carbocycles. The van der Waals surface area contributed by atoms with E-state index in [1.54, 1.807) is 18.6 Å². The van der Waals surface area contributed by atoms with Crippen molar-refractivity contribution in [3.05, 3.63) is 90.5 Å². The average molecular weight is 403 g/mol. The Hall–Kier alpha value is -3.29. The topological polar surface area (TPSA) is 59.0 Å². The molecule has 1 fully saturated rings. The van der Waals surface area contributed by atoms with Gasteiger partial charge in [-0.2, -0.15) is 5.10 Å². The molecule has 1 aliphatic rings. The zero-order chi connectivity index (χ0) is 20.3. The van der Waals surface area contributed by atoms with E-state index < -0.39 is 0 Å². The third kappa shape index (κ3) is 3.53. The minimum absolute atomic E-state index is 0.00927. The molecule has 7 heteroatoms. The normalized spacial score (nSPS) is 15.9. The number of morpholine rings is 1. The number of ether oxygens (including phenoxy) is 1. The first-order chi connectivity index (χ1) is 14.8. The molecule has 3 heterocycles. The number of hydrogen-bond acceptors (Lipinski definition) is 4. The summed E-state index contributed by atoms with van der Waals surface area (Å²) in [7, 11) is 0. The van der Waals surface area contributed by atoms with Gasteiger partial charge in [0.25, 0.3) is 0 Å². The maximum Gasteiger partial charge on any atom is 0.131 e. The number of H-pyrrole nitrogens is 1. The molecule has 0 radical (unpaired) electrons. The van der Waals surface area contributed by atoms with Crippen LogP contribution in [0.25, 0.3) is 16.8 Å². The Kier molecular flexibility index (Phi) is 5.13. The van der Waals surface area contributed by atoms with Crippen molar-refractivity contribution in [1.29, 1.82) is 0 Å². The first kappa shape index (κ1) is 18.7. The Balaban J connectivity index is 1.66. The lowest BCUT2D eigenvalue weighted by molar-refractivity contribution is 0.0239. The molecule has 0 amide bonds. The van der Waals surface area contributed by atoms with Crippen LogP contribution in [-0.4, -0.2) is 51.0 Å². The van der Waals surface area contributed by atoms with E-state index in [1.165, 1.54) is 6.07 Å². The summed E-state index contributed by atoms with van der Waals surface area (Å²) >= 11 is 0. The zero-order valence-electron chi connectivity index (χ0n) is 16.4. The van der Waals surface area contributed by atoms with Crippen molar-refractivity contribution >= 4 is 0 Å². The zero-order valence-corrected chi connectivity index (χ0v) is 16.4. The third-order valence-electron chi connectivity index (χ3n) is 5.53. The Labute approximate surface area is 173 Å². The first-order valence-electron chi connectivity index (χ1n) is 9.99. The predicted molar refractivity (Wildman–Crippen MR) is 112 cm³/mol. The Bertz CT molecular complexity index is 1100. The van der Waals surface area contributed by atoms with Gasteiger partial charge < -0.3 is 9.30 Å². The second-order valence-corrected chi connectivity index (χ2v) is 7.31. The molecule has 6 nitrogen and oxygen atoms in total. The monoisotopic (exact) mass is 403 g/mol. The number of rotatable bonds is 5. The van der Waals surface area contributed by atoms with Crippen molar-refractivity contribution in [3.8, 4) is 16.8 Å². The molecule has 152 valence electrons. The van der Waals surface area contributed by atoms with Gasteiger partial charge >= 0.3 is 0 Å². The standard InChI is InChI=1S/C23H22FN5O/c24-21-4-2-1-3-19(21)20-13-17(5-6-22(20)29-8-7-25-16-29)23(18-14-26-27-15-18)28-9-11-30-12-10-28/h1-8,13-16,23H,9-12H2,(H,26,27). The maximum absolute atomic E-state index is 14.8. The van der Waals surface area contributed by atoms with Crippen LogP contribution in [0.4, 0.5) is 4.39 Å². The van der Waals surface area contributed by atoms with Gasteiger partial charge in [-0.15, -0.1) is 0 Å². The van der Waals surface area contributed by atoms with Crippen LogP contribution in [0.5, 0.6) is 0 Å². The lowest BCUT2D eigenvalue weighted by Crippen LogP contribution is -2.39. The van der Waals surface area contributed by atoms with E-state index in [0.29, 0.717) is 18.8 Å². The van der Waals surface area contributed by atoms with Crippen LogP contribution in [0.2, 0.25) is 0 Å². The number of benzene rings is 2. The highest BCUT2D eigenvalue weighted by Crippen LogP contribution is 2.35. The summed E-state index contributed by atoms with van der Waals surface area (Å²) in [6.07, 6.45) is 9.10. The molecule has 0 spiro atoms. The average Bonchev–Trinajstić information content (AvgIpc) is 3.50. The van der Waals surface area contributed by atoms with E-state index in [9.17, 15) is 4.39 Å². The maximum atomic E-state index is 14.8. The van der Waals surface area contributed by atoms with Crippen molar-refractivity contribution in [1.82, 2.24) is 24.6 Å². The summed E-state index contributed by atoms with van der Waals surface area (Å²) in [6.45, 7) is 3.05. The summed E-state index contributed by atoms with van der Waals surface area (Å²) < 4.78 is 22.3. The minimum atomic E-state index is -0.248. The van der Waals surface area contributed by atoms with Crippen LogP contribution < -0.4 is 0 Å². The Morgan fingerprint density at radius 3 is 2.63 bits per heavy atom. The molecule has 2 aromatic heterocycles. The van der Waals surface area contributed by atoms with Crippen molar-refractivity contribution in [2.75, 3.05) is 26.3 Å². The van der Waals surface area contributed by atoms with Gasteiger partial charge in [0, 0.05) is 48.4 Å². The largest absolute Gasteiger partial charge is 0.379 e. The highest BCUT2D eigenvalue weighted by molar-refractivity contribution is 5.74. The molecule has 1 saturated heterocycles. The molecule has 1 aliphatic heterocycles. The molecule has 1 atom stereocenters. The number of nitrogens with one attached hydrogen (secondary N) is 1. The second-order valence-electron chi connectivity index (χ2n) is 7.31. The summed E-state index contributed by atoms with van der Waals surface area (Å²) in [5.41, 5.74) is 4.43. The van der Waals surface area contributed by atoms with E-state index >= 15 is 0 Å². The van der Waals surface area contributed by atoms with Crippen LogP contribution in [0, 0.1) is 5.82 Å². The number of imidazole rings is 1. The van der Waals surface area contributed by atoms with Crippen molar-refractivity contribution in [3.63, 3.8) is 0 Å². The van der Waals surface area contributed by atoms with Gasteiger partial charge in [-0.25, -0.2) is 9.37 Å². The number of nitrogens with zero attached hydrogens (tertiary/aromatic N) is 4. The molecular weight excluding hydrogens is 381 g/mol. The molecule has 4 aromatic rings. The van der Waals surface area contributed by atoms with E-state index in [-0.39, 0.29) is 11.9 Å². The Morgan fingerprint density at radius 2 is 1.90 bits per heavy atom. The van der Waals surface area contributed by atoms with Crippen molar-refractivity contribution in [2.24, 2.45) is 0 Å². The van der Waals surface area contributed by atoms with E-state index in [1.807, 2.05) is 41.4 Å². The van der Waals surface area contributed by atoms with Gasteiger partial charge in [-0.1, -0.05) is 24.3 Å². The smallest absolute Gasteiger partial charge is 0.131 e. The molecule has 0 bridgehead atoms. The summed E-state index contributed by atoms with van der Waals surface area (Å²) in [4.78, 5) is 6.54. The first-order valence-corrected chi connectivity index (χ1v) is 9.99. The van der Waals surface area contributed by atoms with Crippen LogP contribution in [0.3, 0.4) is 0 Å². The molecular formula is C23H22FN5O. The van der Waals surface area contributed by atoms with Crippen molar-refractivity contribution in [2.45, 2.75) is 6.04 Å². The lowest BCUT2D eigenvalue weighted by Gasteiger charge is -2.34. The van der Waals surface area contributed by atoms with Crippen LogP contribution >= 0.6 is 0 Å². The fourth-order valence-electron chi connectivity index (χ4n) is 4.11. The number of aromatic nitrogens is 4. The van der Waals surface area contributed by atoms with E-state index in [4.69, 9.17) is 4.74 Å². The highest BCUT2D eigenvalue weighted by Gasteiger charge is 2.26. The van der Waals surface area contributed by atoms with E-state index in [0.717, 1.165) is 35.5 Å². The minimum Gasteiger partial charge on any atom is -0.379 e. The van der Waals surface area contributed by atoms with Crippen LogP contribution in [-0.2, 0) is 4.74 Å². The highest BCUT2D eigenvalue weighted by atomic mass is 19.1. The van der Waals surface area contributed by atoms with Gasteiger partial charge in [0.05, 0.1) is 37.5 Å². The molecule has 0 saturated carbocycles. The second kappa shape index (κ2) is 8.22. The van der Waals surface area contributed by atoms with Gasteiger partial charge in [0.1, 0.15) is 5.82 Å². The summed E-state index contributed by atoms with van der Waals surface area (Å²) in [6, 6.07) is 13.1. The number of halogens is 1. The van der Waals surface area contributed by atoms with Gasteiger partial charge in [-0.3, -0.25) is 10.00 Å². The number of aromatic amines is 1. The third-order valence-corrected chi connectivity index (χ3v) is 5.53. The number of hydrogen-bond donors (Lipinski definition) is 1. The fourth-order valence-corrected chi connectivity index (χ4v) is 4.11. The van der Waals surface area contributed by atoms with Crippen molar-refractivity contribution < 1.29 is 9.13 Å². The van der Waals surface area contributed by atoms with Crippen LogP contribution in [0.1, 0.15) is 17.2 Å². The van der Waals surface area contributed by atoms with Crippen LogP contribution in [0.15, 0.2) is 73.6 Å². The molecule has 2 aromatic carbocycles. The molecule has 30 heavy (non-hydrogen) atoms. The Morgan fingerprint density at radius 1 is 1.03 bits per heavy atom.